The Morgan fingerprint density at radius 3 is 2.86 bits per heavy atom. The third kappa shape index (κ3) is 3.37. The standard InChI is InChI=1S/C16H21ClIN3/c1-20(13-4-2-3-5-13)8-9-21-15-7-6-12(18)10-14(15)19-16(21)11-17/h6-7,10,13H,2-5,8-9,11H2,1H3. The summed E-state index contributed by atoms with van der Waals surface area (Å²) in [5, 5.41) is 0. The number of aromatic nitrogens is 2. The number of benzene rings is 1. The molecule has 0 amide bonds. The lowest BCUT2D eigenvalue weighted by Gasteiger charge is -2.24. The van der Waals surface area contributed by atoms with Crippen molar-refractivity contribution in [2.75, 3.05) is 13.6 Å². The van der Waals surface area contributed by atoms with E-state index < -0.39 is 0 Å². The summed E-state index contributed by atoms with van der Waals surface area (Å²) in [5.41, 5.74) is 2.26. The van der Waals surface area contributed by atoms with Gasteiger partial charge < -0.3 is 9.47 Å². The van der Waals surface area contributed by atoms with Crippen LogP contribution < -0.4 is 0 Å². The van der Waals surface area contributed by atoms with Crippen molar-refractivity contribution in [2.45, 2.75) is 44.1 Å². The highest BCUT2D eigenvalue weighted by molar-refractivity contribution is 14.1. The van der Waals surface area contributed by atoms with Gasteiger partial charge in [0.2, 0.25) is 0 Å². The van der Waals surface area contributed by atoms with Gasteiger partial charge in [0, 0.05) is 22.7 Å². The molecule has 114 valence electrons. The maximum absolute atomic E-state index is 6.09. The fourth-order valence-corrected chi connectivity index (χ4v) is 3.97. The van der Waals surface area contributed by atoms with Crippen LogP contribution in [0.2, 0.25) is 0 Å². The first-order valence-corrected chi connectivity index (χ1v) is 9.21. The van der Waals surface area contributed by atoms with Crippen molar-refractivity contribution < 1.29 is 0 Å². The van der Waals surface area contributed by atoms with Crippen molar-refractivity contribution in [1.82, 2.24) is 14.5 Å². The van der Waals surface area contributed by atoms with Gasteiger partial charge in [0.25, 0.3) is 0 Å². The second-order valence-electron chi connectivity index (χ2n) is 5.87. The molecule has 0 saturated heterocycles. The van der Waals surface area contributed by atoms with Crippen molar-refractivity contribution in [1.29, 1.82) is 0 Å². The van der Waals surface area contributed by atoms with Crippen LogP contribution in [0.25, 0.3) is 11.0 Å². The van der Waals surface area contributed by atoms with Crippen LogP contribution >= 0.6 is 34.2 Å². The molecule has 0 aliphatic heterocycles. The second kappa shape index (κ2) is 6.84. The largest absolute Gasteiger partial charge is 0.326 e. The lowest BCUT2D eigenvalue weighted by molar-refractivity contribution is 0.236. The molecule has 5 heteroatoms. The minimum absolute atomic E-state index is 0.471. The summed E-state index contributed by atoms with van der Waals surface area (Å²) in [5.74, 6) is 1.45. The Morgan fingerprint density at radius 2 is 2.14 bits per heavy atom. The molecule has 1 saturated carbocycles. The van der Waals surface area contributed by atoms with Crippen LogP contribution in [0, 0.1) is 3.57 Å². The highest BCUT2D eigenvalue weighted by Gasteiger charge is 2.19. The van der Waals surface area contributed by atoms with Crippen molar-refractivity contribution in [3.63, 3.8) is 0 Å². The Bertz CT molecular complexity index is 619. The van der Waals surface area contributed by atoms with Gasteiger partial charge in [-0.3, -0.25) is 0 Å². The number of nitrogens with zero attached hydrogens (tertiary/aromatic N) is 3. The Labute approximate surface area is 144 Å². The molecule has 1 fully saturated rings. The molecule has 1 aromatic carbocycles. The number of imidazole rings is 1. The van der Waals surface area contributed by atoms with Gasteiger partial charge in [-0.15, -0.1) is 11.6 Å². The van der Waals surface area contributed by atoms with Gasteiger partial charge in [0.15, 0.2) is 0 Å². The topological polar surface area (TPSA) is 21.1 Å². The van der Waals surface area contributed by atoms with Crippen LogP contribution in [0.3, 0.4) is 0 Å². The molecule has 0 atom stereocenters. The molecule has 1 aliphatic carbocycles. The number of rotatable bonds is 5. The zero-order chi connectivity index (χ0) is 14.8. The number of likely N-dealkylation sites (N-methyl/N-ethyl adjacent to an activating group) is 1. The first-order valence-electron chi connectivity index (χ1n) is 7.60. The Balaban J connectivity index is 1.78. The van der Waals surface area contributed by atoms with Gasteiger partial charge in [-0.05, 0) is 60.7 Å². The number of hydrogen-bond donors (Lipinski definition) is 0. The number of alkyl halides is 1. The predicted molar refractivity (Wildman–Crippen MR) is 96.9 cm³/mol. The average Bonchev–Trinajstić information content (AvgIpc) is 3.11. The van der Waals surface area contributed by atoms with E-state index in [0.29, 0.717) is 5.88 Å². The molecule has 3 nitrogen and oxygen atoms in total. The number of fused-ring (bicyclic) bond motifs is 1. The summed E-state index contributed by atoms with van der Waals surface area (Å²) in [6, 6.07) is 7.19. The fourth-order valence-electron chi connectivity index (χ4n) is 3.29. The molecule has 1 heterocycles. The first kappa shape index (κ1) is 15.6. The van der Waals surface area contributed by atoms with E-state index in [4.69, 9.17) is 11.6 Å². The highest BCUT2D eigenvalue weighted by atomic mass is 127. The summed E-state index contributed by atoms with van der Waals surface area (Å²) in [4.78, 5) is 7.18. The molecule has 2 aromatic rings. The Hall–Kier alpha value is -0.330. The third-order valence-corrected chi connectivity index (χ3v) is 5.44. The van der Waals surface area contributed by atoms with Crippen LogP contribution in [-0.2, 0) is 12.4 Å². The van der Waals surface area contributed by atoms with Crippen LogP contribution in [-0.4, -0.2) is 34.1 Å². The maximum Gasteiger partial charge on any atom is 0.124 e. The van der Waals surface area contributed by atoms with Crippen molar-refractivity contribution >= 4 is 45.2 Å². The summed E-state index contributed by atoms with van der Waals surface area (Å²) < 4.78 is 3.50. The molecule has 0 bridgehead atoms. The van der Waals surface area contributed by atoms with E-state index in [1.54, 1.807) is 0 Å². The van der Waals surface area contributed by atoms with E-state index >= 15 is 0 Å². The Kier molecular flexibility index (Phi) is 5.07. The maximum atomic E-state index is 6.09. The molecule has 0 radical (unpaired) electrons. The second-order valence-corrected chi connectivity index (χ2v) is 7.38. The first-order chi connectivity index (χ1) is 10.2. The fraction of sp³-hybridized carbons (Fsp3) is 0.562. The average molecular weight is 418 g/mol. The van der Waals surface area contributed by atoms with Gasteiger partial charge in [-0.2, -0.15) is 0 Å². The lowest BCUT2D eigenvalue weighted by Crippen LogP contribution is -2.32. The summed E-state index contributed by atoms with van der Waals surface area (Å²) in [6.45, 7) is 2.03. The van der Waals surface area contributed by atoms with E-state index in [-0.39, 0.29) is 0 Å². The van der Waals surface area contributed by atoms with Gasteiger partial charge in [-0.1, -0.05) is 12.8 Å². The Morgan fingerprint density at radius 1 is 1.38 bits per heavy atom. The normalized spacial score (nSPS) is 16.4. The van der Waals surface area contributed by atoms with Crippen LogP contribution in [0.15, 0.2) is 18.2 Å². The lowest BCUT2D eigenvalue weighted by atomic mass is 10.2. The van der Waals surface area contributed by atoms with Crippen molar-refractivity contribution in [3.05, 3.63) is 27.6 Å². The molecule has 0 spiro atoms. The van der Waals surface area contributed by atoms with Gasteiger partial charge >= 0.3 is 0 Å². The molecule has 3 rings (SSSR count). The SMILES string of the molecule is CN(CCn1c(CCl)nc2cc(I)ccc21)C1CCCC1. The smallest absolute Gasteiger partial charge is 0.124 e. The van der Waals surface area contributed by atoms with Crippen LogP contribution in [0.5, 0.6) is 0 Å². The predicted octanol–water partition coefficient (Wildman–Crippen LogP) is 4.25. The molecule has 1 aliphatic rings. The monoisotopic (exact) mass is 417 g/mol. The number of hydrogen-bond acceptors (Lipinski definition) is 2. The summed E-state index contributed by atoms with van der Waals surface area (Å²) in [7, 11) is 2.25. The molecular weight excluding hydrogens is 397 g/mol. The summed E-state index contributed by atoms with van der Waals surface area (Å²) in [6.07, 6.45) is 5.46. The molecule has 21 heavy (non-hydrogen) atoms. The molecule has 1 aromatic heterocycles. The minimum atomic E-state index is 0.471. The van der Waals surface area contributed by atoms with E-state index in [1.807, 2.05) is 0 Å². The minimum Gasteiger partial charge on any atom is -0.326 e. The quantitative estimate of drug-likeness (QED) is 0.535. The highest BCUT2D eigenvalue weighted by Crippen LogP contribution is 2.23. The molecule has 0 unspecified atom stereocenters. The third-order valence-electron chi connectivity index (χ3n) is 4.53. The molecule has 0 N–H and O–H groups in total. The van der Waals surface area contributed by atoms with E-state index in [9.17, 15) is 0 Å². The van der Waals surface area contributed by atoms with E-state index in [2.05, 4.69) is 62.3 Å². The van der Waals surface area contributed by atoms with Crippen LogP contribution in [0.4, 0.5) is 0 Å². The van der Waals surface area contributed by atoms with Crippen LogP contribution in [0.1, 0.15) is 31.5 Å². The van der Waals surface area contributed by atoms with Gasteiger partial charge in [-0.25, -0.2) is 4.98 Å². The van der Waals surface area contributed by atoms with Crippen molar-refractivity contribution in [2.24, 2.45) is 0 Å². The zero-order valence-electron chi connectivity index (χ0n) is 12.4. The van der Waals surface area contributed by atoms with E-state index in [0.717, 1.165) is 30.5 Å². The number of halogens is 2. The van der Waals surface area contributed by atoms with Crippen molar-refractivity contribution in [3.8, 4) is 0 Å². The zero-order valence-corrected chi connectivity index (χ0v) is 15.3. The van der Waals surface area contributed by atoms with E-state index in [1.165, 1.54) is 34.8 Å². The molecular formula is C16H21ClIN3. The summed E-state index contributed by atoms with van der Waals surface area (Å²) >= 11 is 8.41. The van der Waals surface area contributed by atoms with Gasteiger partial charge in [0.1, 0.15) is 5.82 Å². The van der Waals surface area contributed by atoms with Gasteiger partial charge in [0.05, 0.1) is 16.9 Å².